The molecule has 0 N–H and O–H groups in total. The first kappa shape index (κ1) is 19.4. The Kier molecular flexibility index (Phi) is 5.53. The van der Waals surface area contributed by atoms with Gasteiger partial charge in [0.2, 0.25) is 0 Å². The number of aryl methyl sites for hydroxylation is 1. The monoisotopic (exact) mass is 414 g/mol. The second-order valence-corrected chi connectivity index (χ2v) is 7.66. The zero-order valence-corrected chi connectivity index (χ0v) is 16.8. The second-order valence-electron chi connectivity index (χ2n) is 6.81. The van der Waals surface area contributed by atoms with Gasteiger partial charge in [0, 0.05) is 43.3 Å². The molecule has 0 aliphatic carbocycles. The van der Waals surface area contributed by atoms with E-state index in [1.165, 1.54) is 0 Å². The third-order valence-corrected chi connectivity index (χ3v) is 5.90. The predicted octanol–water partition coefficient (Wildman–Crippen LogP) is 4.01. The van der Waals surface area contributed by atoms with Gasteiger partial charge in [0.05, 0.1) is 11.3 Å². The van der Waals surface area contributed by atoms with Gasteiger partial charge in [0.15, 0.2) is 0 Å². The molecule has 29 heavy (non-hydrogen) atoms. The highest BCUT2D eigenvalue weighted by atomic mass is 32.1. The largest absolute Gasteiger partial charge is 0.353 e. The van der Waals surface area contributed by atoms with Gasteiger partial charge in [-0.15, -0.1) is 11.3 Å². The Morgan fingerprint density at radius 2 is 1.93 bits per heavy atom. The number of halogens is 2. The first-order chi connectivity index (χ1) is 14.0. The third-order valence-electron chi connectivity index (χ3n) is 4.96. The number of benzene rings is 1. The number of hydrogen-bond donors (Lipinski definition) is 0. The summed E-state index contributed by atoms with van der Waals surface area (Å²) in [4.78, 5) is 25.3. The van der Waals surface area contributed by atoms with Crippen molar-refractivity contribution in [1.29, 1.82) is 0 Å². The normalized spacial score (nSPS) is 14.3. The lowest BCUT2D eigenvalue weighted by Crippen LogP contribution is -2.49. The molecular formula is C21H20F2N4OS. The highest BCUT2D eigenvalue weighted by Gasteiger charge is 2.25. The molecule has 0 radical (unpaired) electrons. The van der Waals surface area contributed by atoms with Crippen LogP contribution in [-0.4, -0.2) is 47.0 Å². The van der Waals surface area contributed by atoms with Crippen LogP contribution in [0.5, 0.6) is 0 Å². The minimum atomic E-state index is -0.704. The van der Waals surface area contributed by atoms with Crippen molar-refractivity contribution >= 4 is 23.1 Å². The molecule has 1 fully saturated rings. The van der Waals surface area contributed by atoms with Gasteiger partial charge in [0.25, 0.3) is 5.91 Å². The molecule has 1 amide bonds. The second kappa shape index (κ2) is 8.24. The van der Waals surface area contributed by atoms with Crippen molar-refractivity contribution in [2.75, 3.05) is 31.1 Å². The Balaban J connectivity index is 1.40. The summed E-state index contributed by atoms with van der Waals surface area (Å²) in [5.41, 5.74) is 1.83. The van der Waals surface area contributed by atoms with Crippen molar-refractivity contribution in [3.05, 3.63) is 64.8 Å². The quantitative estimate of drug-likeness (QED) is 0.647. The van der Waals surface area contributed by atoms with E-state index >= 15 is 0 Å². The van der Waals surface area contributed by atoms with E-state index in [0.29, 0.717) is 26.2 Å². The SMILES string of the molecule is CCc1csc(-c2ccc(N3CCN(C(=O)c4cc(F)ccc4F)CC3)nc2)n1. The number of hydrogen-bond acceptors (Lipinski definition) is 5. The van der Waals surface area contributed by atoms with Crippen LogP contribution in [0.1, 0.15) is 23.0 Å². The van der Waals surface area contributed by atoms with Crippen molar-refractivity contribution in [3.8, 4) is 10.6 Å². The number of thiazole rings is 1. The first-order valence-electron chi connectivity index (χ1n) is 9.45. The van der Waals surface area contributed by atoms with Crippen LogP contribution in [0.15, 0.2) is 41.9 Å². The molecule has 0 bridgehead atoms. The van der Waals surface area contributed by atoms with Crippen LogP contribution < -0.4 is 4.90 Å². The Morgan fingerprint density at radius 3 is 2.59 bits per heavy atom. The van der Waals surface area contributed by atoms with Crippen LogP contribution in [0.25, 0.3) is 10.6 Å². The van der Waals surface area contributed by atoms with Gasteiger partial charge in [-0.3, -0.25) is 4.79 Å². The van der Waals surface area contributed by atoms with Crippen molar-refractivity contribution in [2.24, 2.45) is 0 Å². The molecule has 1 aliphatic heterocycles. The molecular weight excluding hydrogens is 394 g/mol. The molecule has 0 saturated carbocycles. The van der Waals surface area contributed by atoms with Crippen LogP contribution in [0.3, 0.4) is 0 Å². The predicted molar refractivity (Wildman–Crippen MR) is 109 cm³/mol. The lowest BCUT2D eigenvalue weighted by atomic mass is 10.1. The fourth-order valence-electron chi connectivity index (χ4n) is 3.27. The zero-order chi connectivity index (χ0) is 20.4. The Hall–Kier alpha value is -2.87. The van der Waals surface area contributed by atoms with Gasteiger partial charge in [-0.05, 0) is 36.8 Å². The number of carbonyl (C=O) groups excluding carboxylic acids is 1. The maximum atomic E-state index is 13.9. The molecule has 1 saturated heterocycles. The molecule has 3 aromatic rings. The Labute approximate surface area is 171 Å². The van der Waals surface area contributed by atoms with E-state index in [1.54, 1.807) is 16.2 Å². The smallest absolute Gasteiger partial charge is 0.257 e. The van der Waals surface area contributed by atoms with Gasteiger partial charge in [0.1, 0.15) is 22.5 Å². The summed E-state index contributed by atoms with van der Waals surface area (Å²) >= 11 is 1.61. The van der Waals surface area contributed by atoms with E-state index in [1.807, 2.05) is 18.3 Å². The van der Waals surface area contributed by atoms with Gasteiger partial charge < -0.3 is 9.80 Å². The topological polar surface area (TPSA) is 49.3 Å². The van der Waals surface area contributed by atoms with E-state index in [-0.39, 0.29) is 5.56 Å². The van der Waals surface area contributed by atoms with Crippen LogP contribution in [0.4, 0.5) is 14.6 Å². The summed E-state index contributed by atoms with van der Waals surface area (Å²) in [5, 5.41) is 3.01. The van der Waals surface area contributed by atoms with Crippen LogP contribution in [-0.2, 0) is 6.42 Å². The highest BCUT2D eigenvalue weighted by molar-refractivity contribution is 7.13. The number of anilines is 1. The number of carbonyl (C=O) groups is 1. The maximum absolute atomic E-state index is 13.9. The summed E-state index contributed by atoms with van der Waals surface area (Å²) in [7, 11) is 0. The first-order valence-corrected chi connectivity index (χ1v) is 10.3. The van der Waals surface area contributed by atoms with Crippen molar-refractivity contribution in [1.82, 2.24) is 14.9 Å². The zero-order valence-electron chi connectivity index (χ0n) is 15.9. The molecule has 1 aromatic carbocycles. The average Bonchev–Trinajstić information content (AvgIpc) is 3.24. The Morgan fingerprint density at radius 1 is 1.14 bits per heavy atom. The summed E-state index contributed by atoms with van der Waals surface area (Å²) in [5.74, 6) is -0.987. The van der Waals surface area contributed by atoms with Crippen molar-refractivity contribution in [3.63, 3.8) is 0 Å². The van der Waals surface area contributed by atoms with Crippen molar-refractivity contribution < 1.29 is 13.6 Å². The standard InChI is InChI=1S/C21H20F2N4OS/c1-2-16-13-29-20(25-16)14-3-6-19(24-12-14)26-7-9-27(10-8-26)21(28)17-11-15(22)4-5-18(17)23/h3-6,11-13H,2,7-10H2,1H3. The lowest BCUT2D eigenvalue weighted by molar-refractivity contribution is 0.0741. The van der Waals surface area contributed by atoms with Crippen LogP contribution in [0, 0.1) is 11.6 Å². The molecule has 0 atom stereocenters. The molecule has 0 spiro atoms. The average molecular weight is 414 g/mol. The molecule has 8 heteroatoms. The van der Waals surface area contributed by atoms with Gasteiger partial charge in [-0.25, -0.2) is 18.7 Å². The van der Waals surface area contributed by atoms with E-state index < -0.39 is 17.5 Å². The third kappa shape index (κ3) is 4.12. The van der Waals surface area contributed by atoms with Gasteiger partial charge >= 0.3 is 0 Å². The van der Waals surface area contributed by atoms with Gasteiger partial charge in [-0.2, -0.15) is 0 Å². The van der Waals surface area contributed by atoms with E-state index in [0.717, 1.165) is 46.7 Å². The van der Waals surface area contributed by atoms with Crippen molar-refractivity contribution in [2.45, 2.75) is 13.3 Å². The molecule has 1 aliphatic rings. The fraction of sp³-hybridized carbons (Fsp3) is 0.286. The van der Waals surface area contributed by atoms with E-state index in [9.17, 15) is 13.6 Å². The van der Waals surface area contributed by atoms with E-state index in [4.69, 9.17) is 0 Å². The highest BCUT2D eigenvalue weighted by Crippen LogP contribution is 2.25. The van der Waals surface area contributed by atoms with Crippen LogP contribution in [0.2, 0.25) is 0 Å². The van der Waals surface area contributed by atoms with Gasteiger partial charge in [-0.1, -0.05) is 6.92 Å². The number of nitrogens with zero attached hydrogens (tertiary/aromatic N) is 4. The summed E-state index contributed by atoms with van der Waals surface area (Å²) < 4.78 is 27.3. The number of aromatic nitrogens is 2. The lowest BCUT2D eigenvalue weighted by Gasteiger charge is -2.35. The Bertz CT molecular complexity index is 1010. The maximum Gasteiger partial charge on any atom is 0.257 e. The minimum Gasteiger partial charge on any atom is -0.353 e. The van der Waals surface area contributed by atoms with E-state index in [2.05, 4.69) is 27.2 Å². The van der Waals surface area contributed by atoms with Crippen LogP contribution >= 0.6 is 11.3 Å². The number of pyridine rings is 1. The summed E-state index contributed by atoms with van der Waals surface area (Å²) in [6, 6.07) is 6.89. The number of amides is 1. The number of piperazine rings is 1. The summed E-state index contributed by atoms with van der Waals surface area (Å²) in [6.07, 6.45) is 2.72. The molecule has 0 unspecified atom stereocenters. The fourth-order valence-corrected chi connectivity index (χ4v) is 4.17. The molecule has 150 valence electrons. The number of rotatable bonds is 4. The molecule has 2 aromatic heterocycles. The molecule has 5 nitrogen and oxygen atoms in total. The minimum absolute atomic E-state index is 0.226. The molecule has 4 rings (SSSR count). The molecule has 3 heterocycles. The summed E-state index contributed by atoms with van der Waals surface area (Å²) in [6.45, 7) is 4.07.